The predicted octanol–water partition coefficient (Wildman–Crippen LogP) is 21.2. The van der Waals surface area contributed by atoms with Gasteiger partial charge in [-0.3, -0.25) is 14.4 Å². The third kappa shape index (κ3) is 58.0. The van der Waals surface area contributed by atoms with Crippen LogP contribution in [0.2, 0.25) is 0 Å². The van der Waals surface area contributed by atoms with Gasteiger partial charge in [-0.1, -0.05) is 255 Å². The fourth-order valence-electron chi connectivity index (χ4n) is 8.97. The third-order valence-corrected chi connectivity index (χ3v) is 13.7. The van der Waals surface area contributed by atoms with Gasteiger partial charge in [-0.25, -0.2) is 0 Å². The van der Waals surface area contributed by atoms with Crippen molar-refractivity contribution in [2.24, 2.45) is 0 Å². The Balaban J connectivity index is 4.27. The first-order valence-electron chi connectivity index (χ1n) is 31.3. The summed E-state index contributed by atoms with van der Waals surface area (Å²) in [6, 6.07) is 0. The van der Waals surface area contributed by atoms with E-state index >= 15 is 0 Å². The SMILES string of the molecule is CCCCC/C=C\C/C=C\CCCCCCCCCC(=O)OC(COC(=O)CCCCCCC/C=C\CCCCC)COC(=O)CCCCCCCCCCCCCCC/C=C\C/C=C\CCCCCCC. The van der Waals surface area contributed by atoms with E-state index < -0.39 is 6.10 Å². The Bertz CT molecular complexity index is 1290. The molecule has 0 aliphatic carbocycles. The highest BCUT2D eigenvalue weighted by Gasteiger charge is 2.19. The van der Waals surface area contributed by atoms with E-state index in [1.165, 1.54) is 199 Å². The summed E-state index contributed by atoms with van der Waals surface area (Å²) in [4.78, 5) is 38.2. The lowest BCUT2D eigenvalue weighted by Gasteiger charge is -2.18. The molecule has 72 heavy (non-hydrogen) atoms. The highest BCUT2D eigenvalue weighted by Crippen LogP contribution is 2.16. The minimum absolute atomic E-state index is 0.0787. The summed E-state index contributed by atoms with van der Waals surface area (Å²) in [5.74, 6) is -0.883. The Hall–Kier alpha value is -2.89. The average molecular weight is 1010 g/mol. The topological polar surface area (TPSA) is 78.9 Å². The van der Waals surface area contributed by atoms with Crippen molar-refractivity contribution in [3.63, 3.8) is 0 Å². The third-order valence-electron chi connectivity index (χ3n) is 13.7. The molecule has 0 aliphatic rings. The monoisotopic (exact) mass is 1010 g/mol. The van der Waals surface area contributed by atoms with Crippen molar-refractivity contribution >= 4 is 17.9 Å². The van der Waals surface area contributed by atoms with Crippen LogP contribution in [0.15, 0.2) is 60.8 Å². The van der Waals surface area contributed by atoms with Crippen molar-refractivity contribution < 1.29 is 28.6 Å². The van der Waals surface area contributed by atoms with Gasteiger partial charge in [-0.15, -0.1) is 0 Å². The highest BCUT2D eigenvalue weighted by atomic mass is 16.6. The zero-order valence-electron chi connectivity index (χ0n) is 47.9. The van der Waals surface area contributed by atoms with Crippen molar-refractivity contribution in [3.05, 3.63) is 60.8 Å². The van der Waals surface area contributed by atoms with E-state index in [9.17, 15) is 14.4 Å². The number of esters is 3. The van der Waals surface area contributed by atoms with Crippen molar-refractivity contribution in [1.82, 2.24) is 0 Å². The van der Waals surface area contributed by atoms with Gasteiger partial charge in [-0.05, 0) is 109 Å². The molecule has 0 rings (SSSR count). The quantitative estimate of drug-likeness (QED) is 0.0261. The lowest BCUT2D eigenvalue weighted by molar-refractivity contribution is -0.167. The zero-order valence-corrected chi connectivity index (χ0v) is 47.9. The van der Waals surface area contributed by atoms with E-state index in [0.717, 1.165) is 83.5 Å². The molecular weight excluding hydrogens is 889 g/mol. The molecule has 0 aliphatic heterocycles. The van der Waals surface area contributed by atoms with E-state index in [1.807, 2.05) is 0 Å². The van der Waals surface area contributed by atoms with Gasteiger partial charge >= 0.3 is 17.9 Å². The Morgan fingerprint density at radius 3 is 0.806 bits per heavy atom. The van der Waals surface area contributed by atoms with Gasteiger partial charge < -0.3 is 14.2 Å². The van der Waals surface area contributed by atoms with Crippen molar-refractivity contribution in [1.29, 1.82) is 0 Å². The number of ether oxygens (including phenoxy) is 3. The van der Waals surface area contributed by atoms with E-state index in [1.54, 1.807) is 0 Å². The molecule has 0 spiro atoms. The first-order chi connectivity index (χ1) is 35.5. The Morgan fingerprint density at radius 1 is 0.278 bits per heavy atom. The van der Waals surface area contributed by atoms with Gasteiger partial charge in [0.15, 0.2) is 6.10 Å². The fraction of sp³-hybridized carbons (Fsp3) is 0.803. The molecule has 6 heteroatoms. The van der Waals surface area contributed by atoms with Gasteiger partial charge in [0.25, 0.3) is 0 Å². The molecule has 0 aromatic carbocycles. The number of unbranched alkanes of at least 4 members (excludes halogenated alkanes) is 36. The highest BCUT2D eigenvalue weighted by molar-refractivity contribution is 5.71. The molecular formula is C66H118O6. The summed E-state index contributed by atoms with van der Waals surface area (Å²) < 4.78 is 16.9. The van der Waals surface area contributed by atoms with E-state index in [2.05, 4.69) is 81.5 Å². The van der Waals surface area contributed by atoms with Crippen LogP contribution in [0.25, 0.3) is 0 Å². The largest absolute Gasteiger partial charge is 0.462 e. The molecule has 6 nitrogen and oxygen atoms in total. The molecule has 0 aromatic rings. The first-order valence-corrected chi connectivity index (χ1v) is 31.3. The second-order valence-electron chi connectivity index (χ2n) is 21.0. The van der Waals surface area contributed by atoms with Crippen LogP contribution in [0.4, 0.5) is 0 Å². The maximum absolute atomic E-state index is 12.9. The molecule has 0 aromatic heterocycles. The number of allylic oxidation sites excluding steroid dienone is 10. The Kier molecular flexibility index (Phi) is 58.2. The van der Waals surface area contributed by atoms with Crippen LogP contribution in [0.5, 0.6) is 0 Å². The summed E-state index contributed by atoms with van der Waals surface area (Å²) in [5, 5.41) is 0. The molecule has 0 saturated carbocycles. The number of rotatable bonds is 57. The molecule has 0 amide bonds. The molecule has 0 fully saturated rings. The summed E-state index contributed by atoms with van der Waals surface area (Å²) >= 11 is 0. The summed E-state index contributed by atoms with van der Waals surface area (Å²) in [6.07, 6.45) is 76.5. The molecule has 1 atom stereocenters. The lowest BCUT2D eigenvalue weighted by Crippen LogP contribution is -2.30. The predicted molar refractivity (Wildman–Crippen MR) is 312 cm³/mol. The van der Waals surface area contributed by atoms with Crippen molar-refractivity contribution in [2.45, 2.75) is 329 Å². The second kappa shape index (κ2) is 60.7. The molecule has 1 unspecified atom stereocenters. The minimum Gasteiger partial charge on any atom is -0.462 e. The Morgan fingerprint density at radius 2 is 0.500 bits per heavy atom. The molecule has 0 heterocycles. The molecule has 0 saturated heterocycles. The van der Waals surface area contributed by atoms with Crippen molar-refractivity contribution in [3.8, 4) is 0 Å². The van der Waals surface area contributed by atoms with Crippen molar-refractivity contribution in [2.75, 3.05) is 13.2 Å². The summed E-state index contributed by atoms with van der Waals surface area (Å²) in [5.41, 5.74) is 0. The van der Waals surface area contributed by atoms with Gasteiger partial charge in [0.1, 0.15) is 13.2 Å². The number of carbonyl (C=O) groups excluding carboxylic acids is 3. The van der Waals surface area contributed by atoms with E-state index in [-0.39, 0.29) is 31.1 Å². The van der Waals surface area contributed by atoms with Gasteiger partial charge in [0, 0.05) is 19.3 Å². The first kappa shape index (κ1) is 69.1. The van der Waals surface area contributed by atoms with E-state index in [0.29, 0.717) is 19.3 Å². The number of hydrogen-bond acceptors (Lipinski definition) is 6. The zero-order chi connectivity index (χ0) is 52.2. The van der Waals surface area contributed by atoms with Crippen LogP contribution in [0, 0.1) is 0 Å². The average Bonchev–Trinajstić information content (AvgIpc) is 3.38. The smallest absolute Gasteiger partial charge is 0.306 e. The fourth-order valence-corrected chi connectivity index (χ4v) is 8.97. The van der Waals surface area contributed by atoms with Gasteiger partial charge in [0.2, 0.25) is 0 Å². The maximum Gasteiger partial charge on any atom is 0.306 e. The van der Waals surface area contributed by atoms with Crippen LogP contribution in [0.3, 0.4) is 0 Å². The normalized spacial score (nSPS) is 12.4. The van der Waals surface area contributed by atoms with Crippen LogP contribution in [-0.4, -0.2) is 37.2 Å². The van der Waals surface area contributed by atoms with E-state index in [4.69, 9.17) is 14.2 Å². The standard InChI is InChI=1S/C66H118O6/c1-4-7-10-13-16-19-22-25-27-29-30-31-32-33-34-35-36-38-39-41-44-47-50-53-56-59-65(68)71-62-63(61-70-64(67)58-55-52-49-46-43-24-21-18-15-12-9-6-3)72-66(69)60-57-54-51-48-45-42-40-37-28-26-23-20-17-14-11-8-5-2/h17-18,20-22,25-26,28-30,63H,4-16,19,23-24,27,31-62H2,1-3H3/b20-17-,21-18-,25-22-,28-26-,30-29-. The van der Waals surface area contributed by atoms with Gasteiger partial charge in [-0.2, -0.15) is 0 Å². The Labute approximate surface area is 447 Å². The number of hydrogen-bond donors (Lipinski definition) is 0. The van der Waals surface area contributed by atoms with Crippen LogP contribution >= 0.6 is 0 Å². The number of carbonyl (C=O) groups is 3. The maximum atomic E-state index is 12.9. The molecule has 0 radical (unpaired) electrons. The molecule has 0 bridgehead atoms. The van der Waals surface area contributed by atoms with Gasteiger partial charge in [0.05, 0.1) is 0 Å². The van der Waals surface area contributed by atoms with Crippen LogP contribution in [0.1, 0.15) is 323 Å². The summed E-state index contributed by atoms with van der Waals surface area (Å²) in [7, 11) is 0. The molecule has 418 valence electrons. The van der Waals surface area contributed by atoms with Crippen LogP contribution < -0.4 is 0 Å². The van der Waals surface area contributed by atoms with Crippen LogP contribution in [-0.2, 0) is 28.6 Å². The summed E-state index contributed by atoms with van der Waals surface area (Å²) in [6.45, 7) is 6.60. The molecule has 0 N–H and O–H groups in total. The second-order valence-corrected chi connectivity index (χ2v) is 21.0. The lowest BCUT2D eigenvalue weighted by atomic mass is 10.0. The minimum atomic E-state index is -0.782.